The lowest BCUT2D eigenvalue weighted by Crippen LogP contribution is -2.51. The maximum atomic E-state index is 12.7. The topological polar surface area (TPSA) is 102 Å². The van der Waals surface area contributed by atoms with E-state index in [0.29, 0.717) is 43.6 Å². The molecule has 1 aliphatic heterocycles. The fourth-order valence-electron chi connectivity index (χ4n) is 3.52. The molecule has 0 saturated carbocycles. The van der Waals surface area contributed by atoms with E-state index in [1.165, 1.54) is 0 Å². The largest absolute Gasteiger partial charge is 0.381 e. The fraction of sp³-hybridized carbons (Fsp3) is 0.333. The average Bonchev–Trinajstić information content (AvgIpc) is 3.16. The Hall–Kier alpha value is -3.26. The third-order valence-electron chi connectivity index (χ3n) is 5.05. The van der Waals surface area contributed by atoms with Crippen molar-refractivity contribution >= 4 is 11.8 Å². The van der Waals surface area contributed by atoms with Gasteiger partial charge >= 0.3 is 6.03 Å². The highest BCUT2D eigenvalue weighted by atomic mass is 16.5. The van der Waals surface area contributed by atoms with E-state index >= 15 is 0 Å². The highest BCUT2D eigenvalue weighted by Crippen LogP contribution is 2.31. The molecule has 8 heteroatoms. The van der Waals surface area contributed by atoms with E-state index in [4.69, 9.17) is 9.26 Å². The molecule has 1 fully saturated rings. The van der Waals surface area contributed by atoms with Gasteiger partial charge < -0.3 is 14.6 Å². The number of anilines is 1. The summed E-state index contributed by atoms with van der Waals surface area (Å²) in [5.74, 6) is 1.41. The number of nitrogens with one attached hydrogen (secondary N) is 2. The standard InChI is InChI=1S/C21H23N5O3/c1-14-17(16-6-4-3-5-7-16)8-9-18(22-14)24-20(27)25-21(10-12-28-13-11-21)19-23-15(2)26-29-19/h3-9H,10-13H2,1-2H3,(H2,22,24,25,27). The van der Waals surface area contributed by atoms with E-state index in [1.807, 2.05) is 43.3 Å². The van der Waals surface area contributed by atoms with Crippen LogP contribution in [0.2, 0.25) is 0 Å². The molecular weight excluding hydrogens is 370 g/mol. The number of ether oxygens (including phenoxy) is 1. The molecule has 1 saturated heterocycles. The molecular formula is C21H23N5O3. The number of amides is 2. The molecule has 3 aromatic rings. The second-order valence-electron chi connectivity index (χ2n) is 7.12. The molecule has 0 radical (unpaired) electrons. The summed E-state index contributed by atoms with van der Waals surface area (Å²) in [6, 6.07) is 13.4. The Balaban J connectivity index is 1.50. The van der Waals surface area contributed by atoms with Gasteiger partial charge in [0.2, 0.25) is 0 Å². The quantitative estimate of drug-likeness (QED) is 0.702. The second kappa shape index (κ2) is 8.00. The number of hydrogen-bond acceptors (Lipinski definition) is 6. The van der Waals surface area contributed by atoms with Crippen molar-refractivity contribution in [3.63, 3.8) is 0 Å². The van der Waals surface area contributed by atoms with Crippen molar-refractivity contribution in [3.8, 4) is 11.1 Å². The van der Waals surface area contributed by atoms with Gasteiger partial charge in [0, 0.05) is 37.3 Å². The van der Waals surface area contributed by atoms with Crippen molar-refractivity contribution in [2.75, 3.05) is 18.5 Å². The Morgan fingerprint density at radius 2 is 1.79 bits per heavy atom. The zero-order chi connectivity index (χ0) is 20.3. The van der Waals surface area contributed by atoms with Crippen LogP contribution in [0.15, 0.2) is 47.0 Å². The van der Waals surface area contributed by atoms with Crippen LogP contribution in [0.1, 0.15) is 30.3 Å². The lowest BCUT2D eigenvalue weighted by atomic mass is 9.90. The summed E-state index contributed by atoms with van der Waals surface area (Å²) in [6.07, 6.45) is 1.11. The maximum absolute atomic E-state index is 12.7. The Morgan fingerprint density at radius 3 is 2.45 bits per heavy atom. The van der Waals surface area contributed by atoms with Crippen LogP contribution in [0.3, 0.4) is 0 Å². The van der Waals surface area contributed by atoms with Crippen molar-refractivity contribution in [1.29, 1.82) is 0 Å². The van der Waals surface area contributed by atoms with Crippen molar-refractivity contribution in [1.82, 2.24) is 20.4 Å². The average molecular weight is 393 g/mol. The molecule has 2 amide bonds. The van der Waals surface area contributed by atoms with Crippen LogP contribution < -0.4 is 10.6 Å². The van der Waals surface area contributed by atoms with E-state index in [2.05, 4.69) is 25.8 Å². The molecule has 1 aromatic carbocycles. The highest BCUT2D eigenvalue weighted by molar-refractivity contribution is 5.89. The summed E-state index contributed by atoms with van der Waals surface area (Å²) in [4.78, 5) is 21.6. The number of pyridine rings is 1. The first-order valence-corrected chi connectivity index (χ1v) is 9.56. The van der Waals surface area contributed by atoms with Crippen LogP contribution in [-0.4, -0.2) is 34.4 Å². The summed E-state index contributed by atoms with van der Waals surface area (Å²) < 4.78 is 10.8. The summed E-state index contributed by atoms with van der Waals surface area (Å²) >= 11 is 0. The van der Waals surface area contributed by atoms with E-state index in [9.17, 15) is 4.79 Å². The zero-order valence-corrected chi connectivity index (χ0v) is 16.4. The molecule has 0 bridgehead atoms. The lowest BCUT2D eigenvalue weighted by molar-refractivity contribution is 0.0285. The highest BCUT2D eigenvalue weighted by Gasteiger charge is 2.41. The Kier molecular flexibility index (Phi) is 5.26. The summed E-state index contributed by atoms with van der Waals surface area (Å²) in [5, 5.41) is 9.70. The number of rotatable bonds is 4. The number of urea groups is 1. The van der Waals surface area contributed by atoms with E-state index in [0.717, 1.165) is 16.8 Å². The first-order valence-electron chi connectivity index (χ1n) is 9.56. The van der Waals surface area contributed by atoms with Crippen molar-refractivity contribution in [3.05, 3.63) is 59.9 Å². The van der Waals surface area contributed by atoms with Crippen LogP contribution in [0.4, 0.5) is 10.6 Å². The zero-order valence-electron chi connectivity index (χ0n) is 16.4. The number of aromatic nitrogens is 3. The molecule has 8 nitrogen and oxygen atoms in total. The van der Waals surface area contributed by atoms with Gasteiger partial charge in [-0.2, -0.15) is 4.98 Å². The predicted molar refractivity (Wildman–Crippen MR) is 107 cm³/mol. The Labute approximate surface area is 168 Å². The number of carbonyl (C=O) groups is 1. The molecule has 2 N–H and O–H groups in total. The minimum absolute atomic E-state index is 0.373. The van der Waals surface area contributed by atoms with Gasteiger partial charge in [-0.15, -0.1) is 0 Å². The van der Waals surface area contributed by atoms with Crippen molar-refractivity contribution < 1.29 is 14.1 Å². The molecule has 0 unspecified atom stereocenters. The molecule has 150 valence electrons. The smallest absolute Gasteiger partial charge is 0.321 e. The molecule has 3 heterocycles. The number of aryl methyl sites for hydroxylation is 2. The molecule has 1 aliphatic rings. The molecule has 29 heavy (non-hydrogen) atoms. The number of benzene rings is 1. The number of nitrogens with zero attached hydrogens (tertiary/aromatic N) is 3. The molecule has 2 aromatic heterocycles. The lowest BCUT2D eigenvalue weighted by Gasteiger charge is -2.34. The molecule has 4 rings (SSSR count). The van der Waals surface area contributed by atoms with Gasteiger partial charge in [-0.3, -0.25) is 5.32 Å². The van der Waals surface area contributed by atoms with Gasteiger partial charge in [-0.1, -0.05) is 35.5 Å². The summed E-state index contributed by atoms with van der Waals surface area (Å²) in [5.41, 5.74) is 2.20. The normalized spacial score (nSPS) is 15.7. The minimum atomic E-state index is -0.747. The first-order chi connectivity index (χ1) is 14.1. The Morgan fingerprint density at radius 1 is 1.03 bits per heavy atom. The van der Waals surface area contributed by atoms with Gasteiger partial charge in [0.25, 0.3) is 5.89 Å². The molecule has 0 aliphatic carbocycles. The second-order valence-corrected chi connectivity index (χ2v) is 7.12. The number of carbonyl (C=O) groups excluding carboxylic acids is 1. The van der Waals surface area contributed by atoms with Gasteiger partial charge in [-0.25, -0.2) is 9.78 Å². The summed E-state index contributed by atoms with van der Waals surface area (Å²) in [6.45, 7) is 4.68. The van der Waals surface area contributed by atoms with Gasteiger partial charge in [0.05, 0.1) is 0 Å². The van der Waals surface area contributed by atoms with Crippen molar-refractivity contribution in [2.24, 2.45) is 0 Å². The van der Waals surface area contributed by atoms with Gasteiger partial charge in [0.15, 0.2) is 5.82 Å². The predicted octanol–water partition coefficient (Wildman–Crippen LogP) is 3.58. The minimum Gasteiger partial charge on any atom is -0.381 e. The van der Waals surface area contributed by atoms with Gasteiger partial charge in [-0.05, 0) is 31.5 Å². The Bertz CT molecular complexity index is 997. The van der Waals surface area contributed by atoms with E-state index in [1.54, 1.807) is 13.0 Å². The van der Waals surface area contributed by atoms with Crippen LogP contribution in [0.5, 0.6) is 0 Å². The van der Waals surface area contributed by atoms with E-state index in [-0.39, 0.29) is 6.03 Å². The maximum Gasteiger partial charge on any atom is 0.321 e. The monoisotopic (exact) mass is 393 g/mol. The van der Waals surface area contributed by atoms with Crippen LogP contribution in [0, 0.1) is 13.8 Å². The fourth-order valence-corrected chi connectivity index (χ4v) is 3.52. The van der Waals surface area contributed by atoms with Crippen LogP contribution in [0.25, 0.3) is 11.1 Å². The molecule has 0 spiro atoms. The number of hydrogen-bond donors (Lipinski definition) is 2. The third kappa shape index (κ3) is 4.12. The van der Waals surface area contributed by atoms with Crippen LogP contribution >= 0.6 is 0 Å². The first kappa shape index (κ1) is 19.1. The molecule has 0 atom stereocenters. The van der Waals surface area contributed by atoms with Crippen molar-refractivity contribution in [2.45, 2.75) is 32.2 Å². The summed E-state index contributed by atoms with van der Waals surface area (Å²) in [7, 11) is 0. The van der Waals surface area contributed by atoms with E-state index < -0.39 is 5.54 Å². The van der Waals surface area contributed by atoms with Gasteiger partial charge in [0.1, 0.15) is 11.4 Å². The third-order valence-corrected chi connectivity index (χ3v) is 5.05. The SMILES string of the molecule is Cc1noc(C2(NC(=O)Nc3ccc(-c4ccccc4)c(C)n3)CCOCC2)n1. The van der Waals surface area contributed by atoms with Crippen LogP contribution in [-0.2, 0) is 10.3 Å².